The van der Waals surface area contributed by atoms with Gasteiger partial charge in [-0.2, -0.15) is 0 Å². The first kappa shape index (κ1) is 18.8. The zero-order chi connectivity index (χ0) is 17.6. The third kappa shape index (κ3) is 4.11. The Hall–Kier alpha value is -0.543. The normalized spacial score (nSPS) is 29.8. The first-order valence-electron chi connectivity index (χ1n) is 7.92. The number of amides is 1. The van der Waals surface area contributed by atoms with Crippen LogP contribution in [0, 0.1) is 0 Å². The van der Waals surface area contributed by atoms with Crippen LogP contribution in [-0.2, 0) is 19.1 Å². The van der Waals surface area contributed by atoms with E-state index in [0.717, 1.165) is 11.2 Å². The van der Waals surface area contributed by atoms with Gasteiger partial charge in [-0.05, 0) is 13.8 Å². The SMILES string of the molecule is CON(C)C(=O)C[C@@H]1[C@H]2OC(C)(C)O[C@H]2C(=S)N1C[Si](C)(C)C. The lowest BCUT2D eigenvalue weighted by atomic mass is 10.1. The van der Waals surface area contributed by atoms with Gasteiger partial charge in [-0.3, -0.25) is 9.63 Å². The van der Waals surface area contributed by atoms with Crippen LogP contribution in [0.4, 0.5) is 0 Å². The topological polar surface area (TPSA) is 51.2 Å². The van der Waals surface area contributed by atoms with Gasteiger partial charge < -0.3 is 14.4 Å². The fraction of sp³-hybridized carbons (Fsp3) is 0.867. The molecule has 0 aromatic heterocycles. The molecule has 2 fully saturated rings. The van der Waals surface area contributed by atoms with Crippen molar-refractivity contribution < 1.29 is 19.1 Å². The molecule has 0 aromatic rings. The van der Waals surface area contributed by atoms with Crippen molar-refractivity contribution in [3.05, 3.63) is 0 Å². The van der Waals surface area contributed by atoms with Crippen LogP contribution in [-0.4, -0.2) is 73.3 Å². The highest BCUT2D eigenvalue weighted by atomic mass is 32.1. The lowest BCUT2D eigenvalue weighted by Gasteiger charge is -2.35. The minimum Gasteiger partial charge on any atom is -0.361 e. The molecular weight excluding hydrogens is 332 g/mol. The van der Waals surface area contributed by atoms with Gasteiger partial charge in [-0.1, -0.05) is 31.9 Å². The van der Waals surface area contributed by atoms with Crippen LogP contribution in [0.1, 0.15) is 20.3 Å². The van der Waals surface area contributed by atoms with E-state index < -0.39 is 13.9 Å². The van der Waals surface area contributed by atoms with E-state index in [1.807, 2.05) is 13.8 Å². The molecule has 0 aromatic carbocycles. The van der Waals surface area contributed by atoms with E-state index in [9.17, 15) is 4.79 Å². The van der Waals surface area contributed by atoms with Gasteiger partial charge in [0.05, 0.1) is 27.6 Å². The average Bonchev–Trinajstić information content (AvgIpc) is 2.84. The van der Waals surface area contributed by atoms with Gasteiger partial charge >= 0.3 is 0 Å². The second-order valence-electron chi connectivity index (χ2n) is 7.89. The molecule has 2 saturated heterocycles. The summed E-state index contributed by atoms with van der Waals surface area (Å²) in [6.45, 7) is 10.6. The van der Waals surface area contributed by atoms with E-state index in [4.69, 9.17) is 26.5 Å². The largest absolute Gasteiger partial charge is 0.361 e. The van der Waals surface area contributed by atoms with Crippen molar-refractivity contribution in [3.8, 4) is 0 Å². The third-order valence-electron chi connectivity index (χ3n) is 4.09. The zero-order valence-electron chi connectivity index (χ0n) is 15.1. The number of thiocarbonyl (C=S) groups is 1. The van der Waals surface area contributed by atoms with Crippen molar-refractivity contribution in [2.45, 2.75) is 63.9 Å². The summed E-state index contributed by atoms with van der Waals surface area (Å²) in [6, 6.07) is -0.105. The minimum atomic E-state index is -1.40. The lowest BCUT2D eigenvalue weighted by Crippen LogP contribution is -2.49. The maximum absolute atomic E-state index is 12.3. The molecular formula is C15H28N2O4SSi. The number of likely N-dealkylation sites (tertiary alicyclic amines) is 1. The number of carbonyl (C=O) groups excluding carboxylic acids is 1. The Kier molecular flexibility index (Phi) is 5.23. The van der Waals surface area contributed by atoms with Crippen LogP contribution in [0.25, 0.3) is 0 Å². The van der Waals surface area contributed by atoms with Crippen molar-refractivity contribution in [2.24, 2.45) is 0 Å². The number of hydroxylamine groups is 2. The fourth-order valence-electron chi connectivity index (χ4n) is 3.11. The van der Waals surface area contributed by atoms with Crippen LogP contribution in [0.15, 0.2) is 0 Å². The minimum absolute atomic E-state index is 0.0881. The van der Waals surface area contributed by atoms with Crippen molar-refractivity contribution in [2.75, 3.05) is 20.3 Å². The van der Waals surface area contributed by atoms with Gasteiger partial charge in [-0.15, -0.1) is 0 Å². The molecule has 0 bridgehead atoms. The number of hydrogen-bond acceptors (Lipinski definition) is 5. The predicted octanol–water partition coefficient (Wildman–Crippen LogP) is 1.81. The molecule has 23 heavy (non-hydrogen) atoms. The molecule has 2 rings (SSSR count). The molecule has 2 aliphatic heterocycles. The molecule has 3 atom stereocenters. The first-order valence-corrected chi connectivity index (χ1v) is 12.0. The van der Waals surface area contributed by atoms with E-state index in [1.54, 1.807) is 7.05 Å². The number of rotatable bonds is 5. The van der Waals surface area contributed by atoms with Crippen molar-refractivity contribution in [3.63, 3.8) is 0 Å². The maximum Gasteiger partial charge on any atom is 0.248 e. The summed E-state index contributed by atoms with van der Waals surface area (Å²) in [5.74, 6) is -0.756. The Morgan fingerprint density at radius 1 is 1.39 bits per heavy atom. The fourth-order valence-corrected chi connectivity index (χ4v) is 5.03. The molecule has 2 aliphatic rings. The second-order valence-corrected chi connectivity index (χ2v) is 13.7. The molecule has 0 aliphatic carbocycles. The summed E-state index contributed by atoms with van der Waals surface area (Å²) in [4.78, 5) is 20.3. The Balaban J connectivity index is 2.24. The Morgan fingerprint density at radius 3 is 2.52 bits per heavy atom. The van der Waals surface area contributed by atoms with Gasteiger partial charge in [0.25, 0.3) is 0 Å². The highest BCUT2D eigenvalue weighted by Gasteiger charge is 2.56. The van der Waals surface area contributed by atoms with Gasteiger partial charge in [0.1, 0.15) is 17.2 Å². The highest BCUT2D eigenvalue weighted by Crippen LogP contribution is 2.39. The molecule has 0 radical (unpaired) electrons. The van der Waals surface area contributed by atoms with Gasteiger partial charge in [0, 0.05) is 13.2 Å². The Morgan fingerprint density at radius 2 is 2.00 bits per heavy atom. The summed E-state index contributed by atoms with van der Waals surface area (Å²) in [5, 5.41) is 1.25. The summed E-state index contributed by atoms with van der Waals surface area (Å²) >= 11 is 5.66. The number of fused-ring (bicyclic) bond motifs is 1. The number of nitrogens with zero attached hydrogens (tertiary/aromatic N) is 2. The first-order chi connectivity index (χ1) is 10.4. The molecule has 0 spiro atoms. The van der Waals surface area contributed by atoms with Crippen LogP contribution in [0.3, 0.4) is 0 Å². The van der Waals surface area contributed by atoms with Crippen LogP contribution >= 0.6 is 12.2 Å². The van der Waals surface area contributed by atoms with Crippen molar-refractivity contribution in [1.29, 1.82) is 0 Å². The zero-order valence-corrected chi connectivity index (χ0v) is 16.9. The summed E-state index contributed by atoms with van der Waals surface area (Å²) in [5.41, 5.74) is 0. The molecule has 0 unspecified atom stereocenters. The monoisotopic (exact) mass is 360 g/mol. The van der Waals surface area contributed by atoms with Gasteiger partial charge in [0.15, 0.2) is 5.79 Å². The molecule has 6 nitrogen and oxygen atoms in total. The van der Waals surface area contributed by atoms with Crippen molar-refractivity contribution in [1.82, 2.24) is 9.96 Å². The van der Waals surface area contributed by atoms with E-state index in [1.165, 1.54) is 12.2 Å². The van der Waals surface area contributed by atoms with Crippen molar-refractivity contribution >= 4 is 31.2 Å². The number of ether oxygens (including phenoxy) is 2. The molecule has 0 saturated carbocycles. The number of hydrogen-bond donors (Lipinski definition) is 0. The third-order valence-corrected chi connectivity index (χ3v) is 5.84. The van der Waals surface area contributed by atoms with E-state index in [2.05, 4.69) is 24.5 Å². The molecule has 132 valence electrons. The van der Waals surface area contributed by atoms with Gasteiger partial charge in [0.2, 0.25) is 5.91 Å². The quantitative estimate of drug-likeness (QED) is 0.423. The lowest BCUT2D eigenvalue weighted by molar-refractivity contribution is -0.173. The van der Waals surface area contributed by atoms with Gasteiger partial charge in [-0.25, -0.2) is 5.06 Å². The second kappa shape index (κ2) is 6.40. The van der Waals surface area contributed by atoms with E-state index >= 15 is 0 Å². The van der Waals surface area contributed by atoms with E-state index in [-0.39, 0.29) is 24.2 Å². The summed E-state index contributed by atoms with van der Waals surface area (Å²) in [6.07, 6.45) is 0.737. The average molecular weight is 361 g/mol. The van der Waals surface area contributed by atoms with E-state index in [0.29, 0.717) is 6.42 Å². The molecule has 2 heterocycles. The summed E-state index contributed by atoms with van der Waals surface area (Å²) in [7, 11) is 1.70. The molecule has 0 N–H and O–H groups in total. The highest BCUT2D eigenvalue weighted by molar-refractivity contribution is 7.80. The molecule has 8 heteroatoms. The summed E-state index contributed by atoms with van der Waals surface area (Å²) < 4.78 is 12.0. The Labute approximate surface area is 145 Å². The van der Waals surface area contributed by atoms with Crippen LogP contribution < -0.4 is 0 Å². The Bertz CT molecular complexity index is 494. The van der Waals surface area contributed by atoms with Crippen LogP contribution in [0.2, 0.25) is 19.6 Å². The maximum atomic E-state index is 12.3. The smallest absolute Gasteiger partial charge is 0.248 e. The van der Waals surface area contributed by atoms with Crippen LogP contribution in [0.5, 0.6) is 0 Å². The molecule has 1 amide bonds. The number of carbonyl (C=O) groups is 1. The standard InChI is InChI=1S/C15H28N2O4SSi/c1-15(2)20-12-10(8-11(18)16(3)19-4)17(9-23(5,6)7)14(22)13(12)21-15/h10,12-13H,8-9H2,1-7H3/t10-,12-,13-/m1/s1. The predicted molar refractivity (Wildman–Crippen MR) is 94.7 cm³/mol.